The number of hydrogen-bond acceptors (Lipinski definition) is 8. The number of para-hydroxylation sites is 1. The number of amides is 1. The van der Waals surface area contributed by atoms with Gasteiger partial charge < -0.3 is 18.9 Å². The third-order valence-electron chi connectivity index (χ3n) is 4.30. The van der Waals surface area contributed by atoms with Gasteiger partial charge in [0.1, 0.15) is 34.4 Å². The van der Waals surface area contributed by atoms with Gasteiger partial charge in [0.05, 0.1) is 32.5 Å². The standard InChI is InChI=1S/C22H25Cl2N3O6/c1-6-32-16-9-8-10-17(33-7-2)21(16)27(24)22(29)20(13(3)28)26-25-15-12-18(30-4)14(23)11-19(15)31-5/h8-12,20H,6-7H2,1-5H3. The van der Waals surface area contributed by atoms with Gasteiger partial charge in [0.15, 0.2) is 5.78 Å². The zero-order chi connectivity index (χ0) is 24.5. The van der Waals surface area contributed by atoms with Gasteiger partial charge in [-0.15, -0.1) is 0 Å². The van der Waals surface area contributed by atoms with Gasteiger partial charge in [0.2, 0.25) is 6.04 Å². The largest absolute Gasteiger partial charge is 0.495 e. The zero-order valence-corrected chi connectivity index (χ0v) is 20.4. The first-order chi connectivity index (χ1) is 15.8. The molecule has 0 aromatic heterocycles. The van der Waals surface area contributed by atoms with E-state index >= 15 is 0 Å². The summed E-state index contributed by atoms with van der Waals surface area (Å²) >= 11 is 12.5. The third-order valence-corrected chi connectivity index (χ3v) is 4.94. The molecule has 0 aliphatic carbocycles. The van der Waals surface area contributed by atoms with Crippen LogP contribution in [0.15, 0.2) is 40.6 Å². The Balaban J connectivity index is 2.46. The molecule has 178 valence electrons. The molecular formula is C22H25Cl2N3O6. The van der Waals surface area contributed by atoms with Crippen molar-refractivity contribution in [3.63, 3.8) is 0 Å². The Morgan fingerprint density at radius 3 is 2.06 bits per heavy atom. The number of methoxy groups -OCH3 is 2. The molecule has 0 aliphatic rings. The Bertz CT molecular complexity index is 1010. The van der Waals surface area contributed by atoms with Crippen molar-refractivity contribution in [2.24, 2.45) is 10.2 Å². The Morgan fingerprint density at radius 1 is 1.00 bits per heavy atom. The summed E-state index contributed by atoms with van der Waals surface area (Å²) in [4.78, 5) is 25.5. The molecule has 0 saturated heterocycles. The maximum atomic E-state index is 13.2. The van der Waals surface area contributed by atoms with Crippen LogP contribution in [0.4, 0.5) is 11.4 Å². The maximum absolute atomic E-state index is 13.2. The van der Waals surface area contributed by atoms with E-state index in [-0.39, 0.29) is 17.1 Å². The van der Waals surface area contributed by atoms with Crippen LogP contribution in [-0.2, 0) is 9.59 Å². The van der Waals surface area contributed by atoms with Crippen LogP contribution in [0.3, 0.4) is 0 Å². The second-order valence-electron chi connectivity index (χ2n) is 6.48. The summed E-state index contributed by atoms with van der Waals surface area (Å²) in [7, 11) is 2.86. The van der Waals surface area contributed by atoms with E-state index in [1.807, 2.05) is 0 Å². The molecule has 0 saturated carbocycles. The first kappa shape index (κ1) is 26.2. The molecule has 0 aliphatic heterocycles. The lowest BCUT2D eigenvalue weighted by molar-refractivity contribution is -0.126. The van der Waals surface area contributed by atoms with Crippen molar-refractivity contribution in [3.8, 4) is 23.0 Å². The number of hydrogen-bond donors (Lipinski definition) is 0. The lowest BCUT2D eigenvalue weighted by atomic mass is 10.2. The number of ketones is 1. The molecule has 1 atom stereocenters. The number of azo groups is 1. The van der Waals surface area contributed by atoms with Crippen LogP contribution in [0.25, 0.3) is 0 Å². The number of benzene rings is 2. The topological polar surface area (TPSA) is 99.0 Å². The summed E-state index contributed by atoms with van der Waals surface area (Å²) in [5.41, 5.74) is 0.378. The zero-order valence-electron chi connectivity index (χ0n) is 18.9. The summed E-state index contributed by atoms with van der Waals surface area (Å²) in [6, 6.07) is 6.41. The van der Waals surface area contributed by atoms with Gasteiger partial charge >= 0.3 is 0 Å². The van der Waals surface area contributed by atoms with Crippen LogP contribution < -0.4 is 23.4 Å². The monoisotopic (exact) mass is 497 g/mol. The third kappa shape index (κ3) is 6.27. The molecule has 0 spiro atoms. The van der Waals surface area contributed by atoms with Gasteiger partial charge in [-0.1, -0.05) is 17.7 Å². The highest BCUT2D eigenvalue weighted by Crippen LogP contribution is 2.40. The van der Waals surface area contributed by atoms with Crippen molar-refractivity contribution in [1.29, 1.82) is 0 Å². The quantitative estimate of drug-likeness (QED) is 0.234. The number of nitrogens with zero attached hydrogens (tertiary/aromatic N) is 3. The number of carbonyl (C=O) groups excluding carboxylic acids is 2. The Morgan fingerprint density at radius 2 is 1.58 bits per heavy atom. The normalized spacial score (nSPS) is 11.7. The molecule has 1 amide bonds. The van der Waals surface area contributed by atoms with Gasteiger partial charge in [0.25, 0.3) is 5.91 Å². The fourth-order valence-electron chi connectivity index (χ4n) is 2.80. The van der Waals surface area contributed by atoms with Crippen LogP contribution in [0.5, 0.6) is 23.0 Å². The average molecular weight is 498 g/mol. The lowest BCUT2D eigenvalue weighted by Gasteiger charge is -2.22. The minimum atomic E-state index is -1.53. The van der Waals surface area contributed by atoms with Crippen LogP contribution in [0.2, 0.25) is 5.02 Å². The van der Waals surface area contributed by atoms with Gasteiger partial charge in [0, 0.05) is 23.9 Å². The molecule has 1 unspecified atom stereocenters. The van der Waals surface area contributed by atoms with Crippen molar-refractivity contribution in [1.82, 2.24) is 0 Å². The Kier molecular flexibility index (Phi) is 9.74. The smallest absolute Gasteiger partial charge is 0.276 e. The number of ether oxygens (including phenoxy) is 4. The molecule has 33 heavy (non-hydrogen) atoms. The van der Waals surface area contributed by atoms with Gasteiger partial charge in [-0.25, -0.2) is 4.42 Å². The Labute approximate surface area is 202 Å². The minimum absolute atomic E-state index is 0.167. The van der Waals surface area contributed by atoms with E-state index in [1.165, 1.54) is 33.3 Å². The SMILES string of the molecule is CCOc1cccc(OCC)c1N(Cl)C(=O)C(N=Nc1cc(OC)c(Cl)cc1OC)C(C)=O. The predicted octanol–water partition coefficient (Wildman–Crippen LogP) is 5.38. The van der Waals surface area contributed by atoms with E-state index < -0.39 is 17.7 Å². The van der Waals surface area contributed by atoms with E-state index in [0.29, 0.717) is 35.5 Å². The van der Waals surface area contributed by atoms with Crippen molar-refractivity contribution < 1.29 is 28.5 Å². The van der Waals surface area contributed by atoms with E-state index in [4.69, 9.17) is 42.3 Å². The van der Waals surface area contributed by atoms with Crippen LogP contribution in [-0.4, -0.2) is 45.2 Å². The van der Waals surface area contributed by atoms with E-state index in [2.05, 4.69) is 10.2 Å². The first-order valence-corrected chi connectivity index (χ1v) is 10.7. The van der Waals surface area contributed by atoms with E-state index in [1.54, 1.807) is 32.0 Å². The van der Waals surface area contributed by atoms with Crippen molar-refractivity contribution in [2.45, 2.75) is 26.8 Å². The van der Waals surface area contributed by atoms with Crippen molar-refractivity contribution in [3.05, 3.63) is 35.4 Å². The number of Topliss-reactive ketones (excluding diaryl/α,β-unsaturated/α-hetero) is 1. The molecule has 2 aromatic carbocycles. The van der Waals surface area contributed by atoms with Crippen LogP contribution >= 0.6 is 23.4 Å². The molecule has 0 N–H and O–H groups in total. The fourth-order valence-corrected chi connectivity index (χ4v) is 3.29. The summed E-state index contributed by atoms with van der Waals surface area (Å²) < 4.78 is 22.4. The first-order valence-electron chi connectivity index (χ1n) is 10.00. The summed E-state index contributed by atoms with van der Waals surface area (Å²) in [6.07, 6.45) is 0. The van der Waals surface area contributed by atoms with Gasteiger partial charge in [-0.05, 0) is 32.9 Å². The highest BCUT2D eigenvalue weighted by Gasteiger charge is 2.32. The highest BCUT2D eigenvalue weighted by atomic mass is 35.5. The lowest BCUT2D eigenvalue weighted by Crippen LogP contribution is -2.36. The maximum Gasteiger partial charge on any atom is 0.276 e. The van der Waals surface area contributed by atoms with Crippen molar-refractivity contribution in [2.75, 3.05) is 31.9 Å². The molecule has 0 radical (unpaired) electrons. The Hall–Kier alpha value is -3.04. The summed E-state index contributed by atoms with van der Waals surface area (Å²) in [6.45, 7) is 5.45. The molecule has 0 heterocycles. The van der Waals surface area contributed by atoms with Crippen molar-refractivity contribution >= 4 is 46.4 Å². The highest BCUT2D eigenvalue weighted by molar-refractivity contribution is 6.40. The molecular weight excluding hydrogens is 473 g/mol. The molecule has 9 nitrogen and oxygen atoms in total. The van der Waals surface area contributed by atoms with Crippen LogP contribution in [0.1, 0.15) is 20.8 Å². The summed E-state index contributed by atoms with van der Waals surface area (Å²) in [5.74, 6) is -0.169. The number of halogens is 2. The van der Waals surface area contributed by atoms with Gasteiger partial charge in [-0.3, -0.25) is 9.59 Å². The number of rotatable bonds is 11. The second-order valence-corrected chi connectivity index (χ2v) is 7.22. The molecule has 11 heteroatoms. The average Bonchev–Trinajstić information content (AvgIpc) is 2.79. The molecule has 2 rings (SSSR count). The fraction of sp³-hybridized carbons (Fsp3) is 0.364. The van der Waals surface area contributed by atoms with E-state index in [0.717, 1.165) is 4.42 Å². The van der Waals surface area contributed by atoms with E-state index in [9.17, 15) is 9.59 Å². The second kappa shape index (κ2) is 12.3. The van der Waals surface area contributed by atoms with Gasteiger partial charge in [-0.2, -0.15) is 10.2 Å². The molecule has 2 aromatic rings. The number of carbonyl (C=O) groups is 2. The number of anilines is 1. The van der Waals surface area contributed by atoms with Crippen LogP contribution in [0, 0.1) is 0 Å². The molecule has 0 bridgehead atoms. The summed E-state index contributed by atoms with van der Waals surface area (Å²) in [5, 5.41) is 8.28. The molecule has 0 fully saturated rings. The minimum Gasteiger partial charge on any atom is -0.495 e. The predicted molar refractivity (Wildman–Crippen MR) is 126 cm³/mol.